The molecule has 0 amide bonds. The highest BCUT2D eigenvalue weighted by Gasteiger charge is 2.40. The summed E-state index contributed by atoms with van der Waals surface area (Å²) in [6.07, 6.45) is -0.925. The zero-order valence-electron chi connectivity index (χ0n) is 8.14. The van der Waals surface area contributed by atoms with Gasteiger partial charge >= 0.3 is 6.18 Å². The average Bonchev–Trinajstić information content (AvgIpc) is 2.46. The summed E-state index contributed by atoms with van der Waals surface area (Å²) in [6.45, 7) is 0.928. The Kier molecular flexibility index (Phi) is 2.33. The Morgan fingerprint density at radius 3 is 2.71 bits per heavy atom. The fourth-order valence-electron chi connectivity index (χ4n) is 2.55. The summed E-state index contributed by atoms with van der Waals surface area (Å²) < 4.78 is 37.2. The lowest BCUT2D eigenvalue weighted by Gasteiger charge is -2.29. The standard InChI is InChI=1S/C10H14F3N/c1-14-5-4-7-6-8(10(11,12)13)2-3-9(7)14/h6-7,9H,2-5H2,1H3. The molecule has 1 nitrogen and oxygen atoms in total. The van der Waals surface area contributed by atoms with Gasteiger partial charge in [0.15, 0.2) is 0 Å². The van der Waals surface area contributed by atoms with E-state index < -0.39 is 6.18 Å². The highest BCUT2D eigenvalue weighted by Crippen LogP contribution is 2.39. The van der Waals surface area contributed by atoms with Crippen molar-refractivity contribution in [1.29, 1.82) is 0 Å². The van der Waals surface area contributed by atoms with Crippen LogP contribution in [0.25, 0.3) is 0 Å². The van der Waals surface area contributed by atoms with Gasteiger partial charge in [-0.15, -0.1) is 0 Å². The molecule has 0 aromatic rings. The predicted octanol–water partition coefficient (Wildman–Crippen LogP) is 2.59. The monoisotopic (exact) mass is 205 g/mol. The smallest absolute Gasteiger partial charge is 0.303 e. The third-order valence-corrected chi connectivity index (χ3v) is 3.36. The quantitative estimate of drug-likeness (QED) is 0.549. The summed E-state index contributed by atoms with van der Waals surface area (Å²) in [5.41, 5.74) is -0.311. The minimum atomic E-state index is -4.11. The van der Waals surface area contributed by atoms with Gasteiger partial charge in [-0.3, -0.25) is 0 Å². The molecular weight excluding hydrogens is 191 g/mol. The van der Waals surface area contributed by atoms with Crippen molar-refractivity contribution in [2.45, 2.75) is 31.5 Å². The molecule has 1 aliphatic carbocycles. The van der Waals surface area contributed by atoms with Crippen LogP contribution in [0.5, 0.6) is 0 Å². The number of hydrogen-bond donors (Lipinski definition) is 0. The molecule has 1 heterocycles. The first-order valence-corrected chi connectivity index (χ1v) is 4.96. The first-order chi connectivity index (χ1) is 6.48. The maximum atomic E-state index is 12.4. The predicted molar refractivity (Wildman–Crippen MR) is 47.9 cm³/mol. The van der Waals surface area contributed by atoms with Gasteiger partial charge in [-0.05, 0) is 38.8 Å². The van der Waals surface area contributed by atoms with Crippen molar-refractivity contribution in [3.05, 3.63) is 11.6 Å². The molecule has 80 valence electrons. The summed E-state index contributed by atoms with van der Waals surface area (Å²) in [5, 5.41) is 0. The van der Waals surface area contributed by atoms with Crippen LogP contribution < -0.4 is 0 Å². The number of hydrogen-bond acceptors (Lipinski definition) is 1. The molecule has 0 bridgehead atoms. The van der Waals surface area contributed by atoms with E-state index in [1.807, 2.05) is 7.05 Å². The lowest BCUT2D eigenvalue weighted by molar-refractivity contribution is -0.0961. The molecule has 14 heavy (non-hydrogen) atoms. The van der Waals surface area contributed by atoms with Crippen molar-refractivity contribution in [3.63, 3.8) is 0 Å². The zero-order chi connectivity index (χ0) is 10.3. The van der Waals surface area contributed by atoms with Gasteiger partial charge in [-0.1, -0.05) is 6.08 Å². The third kappa shape index (κ3) is 1.67. The molecule has 0 saturated carbocycles. The van der Waals surface area contributed by atoms with Gasteiger partial charge < -0.3 is 4.90 Å². The SMILES string of the molecule is CN1CCC2C=C(C(F)(F)F)CCC21. The topological polar surface area (TPSA) is 3.24 Å². The maximum absolute atomic E-state index is 12.4. The van der Waals surface area contributed by atoms with Gasteiger partial charge in [0.25, 0.3) is 0 Å². The van der Waals surface area contributed by atoms with E-state index in [2.05, 4.69) is 4.90 Å². The Morgan fingerprint density at radius 1 is 1.36 bits per heavy atom. The number of alkyl halides is 3. The first kappa shape index (κ1) is 10.0. The van der Waals surface area contributed by atoms with Crippen LogP contribution in [0, 0.1) is 5.92 Å². The van der Waals surface area contributed by atoms with E-state index in [0.29, 0.717) is 12.5 Å². The summed E-state index contributed by atoms with van der Waals surface area (Å²) in [4.78, 5) is 2.17. The highest BCUT2D eigenvalue weighted by molar-refractivity contribution is 5.17. The van der Waals surface area contributed by atoms with Crippen LogP contribution in [-0.2, 0) is 0 Å². The van der Waals surface area contributed by atoms with Gasteiger partial charge in [-0.2, -0.15) is 13.2 Å². The van der Waals surface area contributed by atoms with Crippen LogP contribution in [0.2, 0.25) is 0 Å². The van der Waals surface area contributed by atoms with Gasteiger partial charge in [0, 0.05) is 11.6 Å². The van der Waals surface area contributed by atoms with Gasteiger partial charge in [-0.25, -0.2) is 0 Å². The fraction of sp³-hybridized carbons (Fsp3) is 0.800. The van der Waals surface area contributed by atoms with Crippen LogP contribution in [0.4, 0.5) is 13.2 Å². The van der Waals surface area contributed by atoms with Crippen molar-refractivity contribution >= 4 is 0 Å². The lowest BCUT2D eigenvalue weighted by atomic mass is 9.86. The van der Waals surface area contributed by atoms with Crippen molar-refractivity contribution in [3.8, 4) is 0 Å². The van der Waals surface area contributed by atoms with Crippen LogP contribution in [0.15, 0.2) is 11.6 Å². The average molecular weight is 205 g/mol. The summed E-state index contributed by atoms with van der Waals surface area (Å²) in [6, 6.07) is 0.348. The number of likely N-dealkylation sites (tertiary alicyclic amines) is 1. The lowest BCUT2D eigenvalue weighted by Crippen LogP contribution is -2.32. The van der Waals surface area contributed by atoms with E-state index in [1.54, 1.807) is 0 Å². The number of allylic oxidation sites excluding steroid dienone is 1. The number of halogens is 3. The molecular formula is C10H14F3N. The van der Waals surface area contributed by atoms with Gasteiger partial charge in [0.05, 0.1) is 0 Å². The second kappa shape index (κ2) is 3.26. The van der Waals surface area contributed by atoms with Gasteiger partial charge in [0.2, 0.25) is 0 Å². The first-order valence-electron chi connectivity index (χ1n) is 4.96. The molecule has 2 atom stereocenters. The molecule has 0 spiro atoms. The van der Waals surface area contributed by atoms with Gasteiger partial charge in [0.1, 0.15) is 0 Å². The molecule has 0 aromatic heterocycles. The van der Waals surface area contributed by atoms with Crippen molar-refractivity contribution < 1.29 is 13.2 Å². The van der Waals surface area contributed by atoms with E-state index in [9.17, 15) is 13.2 Å². The minimum absolute atomic E-state index is 0.130. The minimum Gasteiger partial charge on any atom is -0.303 e. The summed E-state index contributed by atoms with van der Waals surface area (Å²) in [7, 11) is 2.00. The van der Waals surface area contributed by atoms with Crippen molar-refractivity contribution in [2.75, 3.05) is 13.6 Å². The van der Waals surface area contributed by atoms with E-state index in [-0.39, 0.29) is 17.9 Å². The molecule has 0 radical (unpaired) electrons. The van der Waals surface area contributed by atoms with Crippen LogP contribution >= 0.6 is 0 Å². The Bertz CT molecular complexity index is 257. The summed E-state index contributed by atoms with van der Waals surface area (Å²) >= 11 is 0. The van der Waals surface area contributed by atoms with E-state index in [0.717, 1.165) is 13.0 Å². The van der Waals surface area contributed by atoms with Crippen LogP contribution in [-0.4, -0.2) is 30.7 Å². The third-order valence-electron chi connectivity index (χ3n) is 3.36. The van der Waals surface area contributed by atoms with Crippen LogP contribution in [0.3, 0.4) is 0 Å². The molecule has 0 aromatic carbocycles. The molecule has 2 aliphatic rings. The Labute approximate surface area is 81.6 Å². The van der Waals surface area contributed by atoms with Crippen molar-refractivity contribution in [2.24, 2.45) is 5.92 Å². The fourth-order valence-corrected chi connectivity index (χ4v) is 2.55. The summed E-state index contributed by atoms with van der Waals surface area (Å²) in [5.74, 6) is 0.130. The van der Waals surface area contributed by atoms with E-state index in [1.165, 1.54) is 6.08 Å². The molecule has 4 heteroatoms. The molecule has 1 aliphatic heterocycles. The van der Waals surface area contributed by atoms with Crippen molar-refractivity contribution in [1.82, 2.24) is 4.90 Å². The van der Waals surface area contributed by atoms with Crippen LogP contribution in [0.1, 0.15) is 19.3 Å². The van der Waals surface area contributed by atoms with E-state index >= 15 is 0 Å². The molecule has 2 rings (SSSR count). The molecule has 2 unspecified atom stereocenters. The highest BCUT2D eigenvalue weighted by atomic mass is 19.4. The molecule has 1 fully saturated rings. The normalized spacial score (nSPS) is 34.1. The van der Waals surface area contributed by atoms with E-state index in [4.69, 9.17) is 0 Å². The number of rotatable bonds is 0. The second-order valence-electron chi connectivity index (χ2n) is 4.23. The Morgan fingerprint density at radius 2 is 2.07 bits per heavy atom. The number of fused-ring (bicyclic) bond motifs is 1. The molecule has 0 N–H and O–H groups in total. The zero-order valence-corrected chi connectivity index (χ0v) is 8.14. The molecule has 1 saturated heterocycles. The Hall–Kier alpha value is -0.510. The maximum Gasteiger partial charge on any atom is 0.412 e. The second-order valence-corrected chi connectivity index (χ2v) is 4.23. The Balaban J connectivity index is 2.16. The number of nitrogens with zero attached hydrogens (tertiary/aromatic N) is 1. The largest absolute Gasteiger partial charge is 0.412 e.